The van der Waals surface area contributed by atoms with Crippen molar-refractivity contribution in [1.82, 2.24) is 15.2 Å². The van der Waals surface area contributed by atoms with Gasteiger partial charge in [-0.25, -0.2) is 0 Å². The highest BCUT2D eigenvalue weighted by Crippen LogP contribution is 2.17. The van der Waals surface area contributed by atoms with Crippen LogP contribution in [0.2, 0.25) is 0 Å². The second kappa shape index (κ2) is 7.32. The SMILES string of the molecule is CC(Nc1ccc(NC(=O)c2cccnc2)nn1)c1ccccc1. The first-order valence-electron chi connectivity index (χ1n) is 7.59. The van der Waals surface area contributed by atoms with E-state index in [0.29, 0.717) is 17.2 Å². The molecule has 24 heavy (non-hydrogen) atoms. The summed E-state index contributed by atoms with van der Waals surface area (Å²) in [5.74, 6) is 0.767. The smallest absolute Gasteiger partial charge is 0.258 e. The average Bonchev–Trinajstić information content (AvgIpc) is 2.65. The van der Waals surface area contributed by atoms with Crippen molar-refractivity contribution in [2.45, 2.75) is 13.0 Å². The number of nitrogens with zero attached hydrogens (tertiary/aromatic N) is 3. The molecule has 120 valence electrons. The average molecular weight is 319 g/mol. The molecule has 1 atom stereocenters. The van der Waals surface area contributed by atoms with Crippen LogP contribution >= 0.6 is 0 Å². The fourth-order valence-corrected chi connectivity index (χ4v) is 2.21. The molecule has 0 aliphatic rings. The van der Waals surface area contributed by atoms with Gasteiger partial charge in [-0.2, -0.15) is 0 Å². The Bertz CT molecular complexity index is 791. The predicted octanol–water partition coefficient (Wildman–Crippen LogP) is 3.30. The van der Waals surface area contributed by atoms with Crippen LogP contribution in [-0.2, 0) is 0 Å². The quantitative estimate of drug-likeness (QED) is 0.754. The number of nitrogens with one attached hydrogen (secondary N) is 2. The van der Waals surface area contributed by atoms with Gasteiger partial charge in [0.15, 0.2) is 5.82 Å². The second-order valence-electron chi connectivity index (χ2n) is 5.28. The molecule has 0 aliphatic carbocycles. The summed E-state index contributed by atoms with van der Waals surface area (Å²) in [5.41, 5.74) is 1.63. The molecule has 2 N–H and O–H groups in total. The highest BCUT2D eigenvalue weighted by Gasteiger charge is 2.08. The summed E-state index contributed by atoms with van der Waals surface area (Å²) in [4.78, 5) is 15.9. The molecule has 6 nitrogen and oxygen atoms in total. The largest absolute Gasteiger partial charge is 0.362 e. The van der Waals surface area contributed by atoms with Gasteiger partial charge in [0.05, 0.1) is 5.56 Å². The number of benzene rings is 1. The summed E-state index contributed by atoms with van der Waals surface area (Å²) >= 11 is 0. The Balaban J connectivity index is 1.62. The maximum absolute atomic E-state index is 12.0. The molecule has 0 saturated heterocycles. The summed E-state index contributed by atoms with van der Waals surface area (Å²) in [6.45, 7) is 2.05. The van der Waals surface area contributed by atoms with E-state index in [2.05, 4.69) is 32.7 Å². The van der Waals surface area contributed by atoms with E-state index in [-0.39, 0.29) is 11.9 Å². The number of aromatic nitrogens is 3. The zero-order chi connectivity index (χ0) is 16.8. The Hall–Kier alpha value is -3.28. The highest BCUT2D eigenvalue weighted by atomic mass is 16.1. The van der Waals surface area contributed by atoms with Gasteiger partial charge in [0.25, 0.3) is 5.91 Å². The van der Waals surface area contributed by atoms with Crippen LogP contribution in [0.25, 0.3) is 0 Å². The number of rotatable bonds is 5. The maximum atomic E-state index is 12.0. The van der Waals surface area contributed by atoms with Crippen LogP contribution in [0.15, 0.2) is 67.0 Å². The van der Waals surface area contributed by atoms with Crippen LogP contribution in [-0.4, -0.2) is 21.1 Å². The number of anilines is 2. The van der Waals surface area contributed by atoms with E-state index < -0.39 is 0 Å². The Kier molecular flexibility index (Phi) is 4.76. The summed E-state index contributed by atoms with van der Waals surface area (Å²) in [5, 5.41) is 14.1. The van der Waals surface area contributed by atoms with Crippen molar-refractivity contribution < 1.29 is 4.79 Å². The van der Waals surface area contributed by atoms with Gasteiger partial charge in [0.2, 0.25) is 0 Å². The zero-order valence-corrected chi connectivity index (χ0v) is 13.2. The molecule has 2 aromatic heterocycles. The van der Waals surface area contributed by atoms with E-state index in [4.69, 9.17) is 0 Å². The normalized spacial score (nSPS) is 11.5. The lowest BCUT2D eigenvalue weighted by Gasteiger charge is -2.14. The standard InChI is InChI=1S/C18H17N5O/c1-13(14-6-3-2-4-7-14)20-16-9-10-17(23-22-16)21-18(24)15-8-5-11-19-12-15/h2-13H,1H3,(H,20,22)(H,21,23,24). The Morgan fingerprint density at radius 1 is 0.958 bits per heavy atom. The van der Waals surface area contributed by atoms with Gasteiger partial charge in [0, 0.05) is 18.4 Å². The first-order valence-corrected chi connectivity index (χ1v) is 7.59. The van der Waals surface area contributed by atoms with E-state index in [1.165, 1.54) is 6.20 Å². The molecule has 0 saturated carbocycles. The Labute approximate surface area is 140 Å². The molecule has 2 heterocycles. The molecular formula is C18H17N5O. The van der Waals surface area contributed by atoms with Gasteiger partial charge >= 0.3 is 0 Å². The first-order chi connectivity index (χ1) is 11.7. The molecule has 0 spiro atoms. The van der Waals surface area contributed by atoms with Crippen LogP contribution in [0.5, 0.6) is 0 Å². The van der Waals surface area contributed by atoms with E-state index in [0.717, 1.165) is 5.56 Å². The predicted molar refractivity (Wildman–Crippen MR) is 92.7 cm³/mol. The molecule has 6 heteroatoms. The summed E-state index contributed by atoms with van der Waals surface area (Å²) in [6, 6.07) is 17.1. The van der Waals surface area contributed by atoms with Gasteiger partial charge in [-0.15, -0.1) is 10.2 Å². The van der Waals surface area contributed by atoms with Gasteiger partial charge in [-0.3, -0.25) is 9.78 Å². The molecule has 3 rings (SSSR count). The van der Waals surface area contributed by atoms with Crippen LogP contribution in [0, 0.1) is 0 Å². The van der Waals surface area contributed by atoms with Gasteiger partial charge < -0.3 is 10.6 Å². The number of pyridine rings is 1. The van der Waals surface area contributed by atoms with Gasteiger partial charge in [-0.05, 0) is 36.8 Å². The summed E-state index contributed by atoms with van der Waals surface area (Å²) in [6.07, 6.45) is 3.12. The summed E-state index contributed by atoms with van der Waals surface area (Å²) in [7, 11) is 0. The molecule has 0 radical (unpaired) electrons. The molecule has 1 unspecified atom stereocenters. The van der Waals surface area contributed by atoms with E-state index >= 15 is 0 Å². The third kappa shape index (κ3) is 3.92. The molecule has 0 fully saturated rings. The molecule has 1 aromatic carbocycles. The fraction of sp³-hybridized carbons (Fsp3) is 0.111. The maximum Gasteiger partial charge on any atom is 0.258 e. The van der Waals surface area contributed by atoms with E-state index in [9.17, 15) is 4.79 Å². The highest BCUT2D eigenvalue weighted by molar-refractivity contribution is 6.03. The van der Waals surface area contributed by atoms with Crippen LogP contribution in [0.3, 0.4) is 0 Å². The van der Waals surface area contributed by atoms with Crippen molar-refractivity contribution >= 4 is 17.5 Å². The minimum atomic E-state index is -0.268. The lowest BCUT2D eigenvalue weighted by molar-refractivity contribution is 0.102. The van der Waals surface area contributed by atoms with Crippen molar-refractivity contribution in [3.05, 3.63) is 78.1 Å². The second-order valence-corrected chi connectivity index (χ2v) is 5.28. The van der Waals surface area contributed by atoms with Crippen LogP contribution < -0.4 is 10.6 Å². The van der Waals surface area contributed by atoms with Crippen molar-refractivity contribution in [3.63, 3.8) is 0 Å². The van der Waals surface area contributed by atoms with Gasteiger partial charge in [0.1, 0.15) is 5.82 Å². The Morgan fingerprint density at radius 3 is 2.38 bits per heavy atom. The topological polar surface area (TPSA) is 79.8 Å². The van der Waals surface area contributed by atoms with E-state index in [1.54, 1.807) is 30.5 Å². The number of hydrogen-bond donors (Lipinski definition) is 2. The van der Waals surface area contributed by atoms with Crippen molar-refractivity contribution in [2.75, 3.05) is 10.6 Å². The molecule has 1 amide bonds. The lowest BCUT2D eigenvalue weighted by Crippen LogP contribution is -2.14. The monoisotopic (exact) mass is 319 g/mol. The fourth-order valence-electron chi connectivity index (χ4n) is 2.21. The van der Waals surface area contributed by atoms with Crippen LogP contribution in [0.1, 0.15) is 28.9 Å². The van der Waals surface area contributed by atoms with Crippen molar-refractivity contribution in [3.8, 4) is 0 Å². The number of carbonyl (C=O) groups is 1. The molecular weight excluding hydrogens is 302 g/mol. The lowest BCUT2D eigenvalue weighted by atomic mass is 10.1. The number of amides is 1. The van der Waals surface area contributed by atoms with Gasteiger partial charge in [-0.1, -0.05) is 30.3 Å². The van der Waals surface area contributed by atoms with E-state index in [1.807, 2.05) is 30.3 Å². The van der Waals surface area contributed by atoms with Crippen molar-refractivity contribution in [2.24, 2.45) is 0 Å². The summed E-state index contributed by atoms with van der Waals surface area (Å²) < 4.78 is 0. The minimum absolute atomic E-state index is 0.108. The first kappa shape index (κ1) is 15.6. The van der Waals surface area contributed by atoms with Crippen LogP contribution in [0.4, 0.5) is 11.6 Å². The number of hydrogen-bond acceptors (Lipinski definition) is 5. The molecule has 3 aromatic rings. The number of carbonyl (C=O) groups excluding carboxylic acids is 1. The third-order valence-electron chi connectivity index (χ3n) is 3.49. The zero-order valence-electron chi connectivity index (χ0n) is 13.2. The molecule has 0 bridgehead atoms. The minimum Gasteiger partial charge on any atom is -0.362 e. The van der Waals surface area contributed by atoms with Crippen molar-refractivity contribution in [1.29, 1.82) is 0 Å². The third-order valence-corrected chi connectivity index (χ3v) is 3.49. The Morgan fingerprint density at radius 2 is 1.71 bits per heavy atom. The molecule has 0 aliphatic heterocycles.